The van der Waals surface area contributed by atoms with Crippen LogP contribution >= 0.6 is 11.8 Å². The predicted molar refractivity (Wildman–Crippen MR) is 78.6 cm³/mol. The lowest BCUT2D eigenvalue weighted by molar-refractivity contribution is -0.113. The van der Waals surface area contributed by atoms with Crippen LogP contribution in [0.15, 0.2) is 53.7 Å². The summed E-state index contributed by atoms with van der Waals surface area (Å²) in [6.07, 6.45) is 3.37. The van der Waals surface area contributed by atoms with E-state index in [4.69, 9.17) is 5.73 Å². The highest BCUT2D eigenvalue weighted by Gasteiger charge is 2.05. The molecule has 3 N–H and O–H groups in total. The van der Waals surface area contributed by atoms with Gasteiger partial charge in [-0.3, -0.25) is 14.6 Å². The Kier molecular flexibility index (Phi) is 4.73. The molecule has 0 atom stereocenters. The Morgan fingerprint density at radius 1 is 1.10 bits per heavy atom. The van der Waals surface area contributed by atoms with Gasteiger partial charge in [0.1, 0.15) is 0 Å². The van der Waals surface area contributed by atoms with Crippen LogP contribution in [0, 0.1) is 0 Å². The minimum atomic E-state index is -0.490. The van der Waals surface area contributed by atoms with Gasteiger partial charge in [-0.15, -0.1) is 11.8 Å². The summed E-state index contributed by atoms with van der Waals surface area (Å²) in [5.74, 6) is -0.295. The van der Waals surface area contributed by atoms with E-state index in [9.17, 15) is 9.59 Å². The van der Waals surface area contributed by atoms with Crippen LogP contribution in [0.1, 0.15) is 10.4 Å². The number of nitrogens with one attached hydrogen (secondary N) is 1. The average molecular weight is 287 g/mol. The molecule has 0 aliphatic heterocycles. The van der Waals surface area contributed by atoms with Gasteiger partial charge in [0, 0.05) is 28.5 Å². The van der Waals surface area contributed by atoms with E-state index in [2.05, 4.69) is 10.3 Å². The van der Waals surface area contributed by atoms with Crippen LogP contribution in [-0.4, -0.2) is 22.6 Å². The third-order valence-electron chi connectivity index (χ3n) is 2.47. The topological polar surface area (TPSA) is 85.1 Å². The molecule has 0 saturated carbocycles. The van der Waals surface area contributed by atoms with Gasteiger partial charge in [-0.05, 0) is 36.4 Å². The minimum Gasteiger partial charge on any atom is -0.366 e. The number of anilines is 1. The minimum absolute atomic E-state index is 0.112. The van der Waals surface area contributed by atoms with E-state index in [0.29, 0.717) is 17.0 Å². The summed E-state index contributed by atoms with van der Waals surface area (Å²) < 4.78 is 0. The fraction of sp³-hybridized carbons (Fsp3) is 0.0714. The maximum Gasteiger partial charge on any atom is 0.248 e. The second-order valence-electron chi connectivity index (χ2n) is 3.96. The Hall–Kier alpha value is -2.34. The Labute approximate surface area is 120 Å². The van der Waals surface area contributed by atoms with E-state index >= 15 is 0 Å². The van der Waals surface area contributed by atoms with Crippen molar-refractivity contribution < 1.29 is 9.59 Å². The number of carbonyl (C=O) groups is 2. The third kappa shape index (κ3) is 4.10. The number of nitrogens with two attached hydrogens (primary N) is 1. The number of hydrogen-bond donors (Lipinski definition) is 2. The molecule has 2 amide bonds. The van der Waals surface area contributed by atoms with E-state index in [1.54, 1.807) is 36.7 Å². The summed E-state index contributed by atoms with van der Waals surface area (Å²) in [6.45, 7) is 0. The maximum absolute atomic E-state index is 11.8. The van der Waals surface area contributed by atoms with Gasteiger partial charge in [0.25, 0.3) is 0 Å². The zero-order chi connectivity index (χ0) is 14.4. The van der Waals surface area contributed by atoms with Crippen molar-refractivity contribution in [2.24, 2.45) is 5.73 Å². The first kappa shape index (κ1) is 14.1. The zero-order valence-corrected chi connectivity index (χ0v) is 11.4. The van der Waals surface area contributed by atoms with Crippen molar-refractivity contribution >= 4 is 29.3 Å². The molecule has 0 aliphatic rings. The highest BCUT2D eigenvalue weighted by Crippen LogP contribution is 2.17. The van der Waals surface area contributed by atoms with Gasteiger partial charge < -0.3 is 11.1 Å². The van der Waals surface area contributed by atoms with E-state index < -0.39 is 5.91 Å². The molecule has 0 fully saturated rings. The van der Waals surface area contributed by atoms with Crippen molar-refractivity contribution in [3.8, 4) is 0 Å². The number of carbonyl (C=O) groups excluding carboxylic acids is 2. The van der Waals surface area contributed by atoms with Crippen LogP contribution in [0.4, 0.5) is 5.69 Å². The van der Waals surface area contributed by atoms with Crippen LogP contribution in [0.25, 0.3) is 0 Å². The van der Waals surface area contributed by atoms with Gasteiger partial charge in [-0.25, -0.2) is 0 Å². The lowest BCUT2D eigenvalue weighted by Crippen LogP contribution is -2.14. The SMILES string of the molecule is NC(=O)c1ccc(NC(=O)CSc2ccncc2)cc1. The van der Waals surface area contributed by atoms with Gasteiger partial charge >= 0.3 is 0 Å². The number of primary amides is 1. The lowest BCUT2D eigenvalue weighted by Gasteiger charge is -2.05. The number of aromatic nitrogens is 1. The lowest BCUT2D eigenvalue weighted by atomic mass is 10.2. The standard InChI is InChI=1S/C14H13N3O2S/c15-14(19)10-1-3-11(4-2-10)17-13(18)9-20-12-5-7-16-8-6-12/h1-8H,9H2,(H2,15,19)(H,17,18). The molecule has 102 valence electrons. The number of nitrogens with zero attached hydrogens (tertiary/aromatic N) is 1. The fourth-order valence-electron chi connectivity index (χ4n) is 1.50. The van der Waals surface area contributed by atoms with Gasteiger partial charge in [0.05, 0.1) is 5.75 Å². The number of hydrogen-bond acceptors (Lipinski definition) is 4. The van der Waals surface area contributed by atoms with Crippen molar-refractivity contribution in [3.63, 3.8) is 0 Å². The van der Waals surface area contributed by atoms with E-state index in [1.807, 2.05) is 12.1 Å². The molecule has 2 aromatic rings. The monoisotopic (exact) mass is 287 g/mol. The zero-order valence-electron chi connectivity index (χ0n) is 10.6. The number of rotatable bonds is 5. The molecule has 1 aromatic carbocycles. The molecule has 0 saturated heterocycles. The van der Waals surface area contributed by atoms with Crippen molar-refractivity contribution in [1.29, 1.82) is 0 Å². The molecule has 6 heteroatoms. The molecule has 1 aromatic heterocycles. The predicted octanol–water partition coefficient (Wildman–Crippen LogP) is 1.91. The quantitative estimate of drug-likeness (QED) is 0.823. The van der Waals surface area contributed by atoms with Crippen molar-refractivity contribution in [2.45, 2.75) is 4.90 Å². The summed E-state index contributed by atoms with van der Waals surface area (Å²) in [6, 6.07) is 10.1. The van der Waals surface area contributed by atoms with Crippen LogP contribution in [0.3, 0.4) is 0 Å². The van der Waals surface area contributed by atoms with Crippen LogP contribution in [0.2, 0.25) is 0 Å². The second-order valence-corrected chi connectivity index (χ2v) is 5.01. The Morgan fingerprint density at radius 3 is 2.35 bits per heavy atom. The number of pyridine rings is 1. The largest absolute Gasteiger partial charge is 0.366 e. The van der Waals surface area contributed by atoms with E-state index in [-0.39, 0.29) is 5.91 Å². The first-order valence-corrected chi connectivity index (χ1v) is 6.86. The van der Waals surface area contributed by atoms with Gasteiger partial charge in [-0.1, -0.05) is 0 Å². The first-order chi connectivity index (χ1) is 9.65. The second kappa shape index (κ2) is 6.72. The Balaban J connectivity index is 1.86. The third-order valence-corrected chi connectivity index (χ3v) is 3.48. The highest BCUT2D eigenvalue weighted by atomic mass is 32.2. The number of benzene rings is 1. The van der Waals surface area contributed by atoms with Crippen LogP contribution in [-0.2, 0) is 4.79 Å². The van der Waals surface area contributed by atoms with Crippen LogP contribution in [0.5, 0.6) is 0 Å². The molecule has 0 radical (unpaired) electrons. The van der Waals surface area contributed by atoms with E-state index in [1.165, 1.54) is 11.8 Å². The smallest absolute Gasteiger partial charge is 0.248 e. The first-order valence-electron chi connectivity index (χ1n) is 5.88. The normalized spacial score (nSPS) is 10.0. The Morgan fingerprint density at radius 2 is 1.75 bits per heavy atom. The van der Waals surface area contributed by atoms with Crippen LogP contribution < -0.4 is 11.1 Å². The summed E-state index contributed by atoms with van der Waals surface area (Å²) in [7, 11) is 0. The van der Waals surface area contributed by atoms with E-state index in [0.717, 1.165) is 4.90 Å². The summed E-state index contributed by atoms with van der Waals surface area (Å²) in [5, 5.41) is 2.75. The molecule has 0 spiro atoms. The van der Waals surface area contributed by atoms with Crippen molar-refractivity contribution in [2.75, 3.05) is 11.1 Å². The molecule has 0 aliphatic carbocycles. The fourth-order valence-corrected chi connectivity index (χ4v) is 2.18. The van der Waals surface area contributed by atoms with Crippen molar-refractivity contribution in [1.82, 2.24) is 4.98 Å². The number of thioether (sulfide) groups is 1. The molecule has 2 rings (SSSR count). The highest BCUT2D eigenvalue weighted by molar-refractivity contribution is 8.00. The van der Waals surface area contributed by atoms with Crippen molar-refractivity contribution in [3.05, 3.63) is 54.4 Å². The van der Waals surface area contributed by atoms with Gasteiger partial charge in [0.2, 0.25) is 11.8 Å². The Bertz CT molecular complexity index is 600. The summed E-state index contributed by atoms with van der Waals surface area (Å²) in [5.41, 5.74) is 6.19. The summed E-state index contributed by atoms with van der Waals surface area (Å²) >= 11 is 1.43. The molecular weight excluding hydrogens is 274 g/mol. The number of amides is 2. The molecule has 1 heterocycles. The van der Waals surface area contributed by atoms with Gasteiger partial charge in [-0.2, -0.15) is 0 Å². The average Bonchev–Trinajstić information content (AvgIpc) is 2.47. The molecule has 0 bridgehead atoms. The maximum atomic E-state index is 11.8. The summed E-state index contributed by atoms with van der Waals surface area (Å²) in [4.78, 5) is 27.6. The van der Waals surface area contributed by atoms with Gasteiger partial charge in [0.15, 0.2) is 0 Å². The molecule has 20 heavy (non-hydrogen) atoms. The molecular formula is C14H13N3O2S. The molecule has 0 unspecified atom stereocenters. The molecule has 5 nitrogen and oxygen atoms in total.